The molecule has 0 bridgehead atoms. The Labute approximate surface area is 158 Å². The molecule has 2 aromatic rings. The third-order valence-corrected chi connectivity index (χ3v) is 5.74. The zero-order valence-electron chi connectivity index (χ0n) is 14.9. The van der Waals surface area contributed by atoms with Gasteiger partial charge >= 0.3 is 0 Å². The molecule has 0 aliphatic carbocycles. The molecule has 0 aromatic heterocycles. The second kappa shape index (κ2) is 7.96. The van der Waals surface area contributed by atoms with Gasteiger partial charge < -0.3 is 9.64 Å². The maximum absolute atomic E-state index is 13.7. The van der Waals surface area contributed by atoms with Crippen LogP contribution in [0.15, 0.2) is 47.4 Å². The molecule has 2 aromatic carbocycles. The van der Waals surface area contributed by atoms with Gasteiger partial charge in [0.1, 0.15) is 11.6 Å². The lowest BCUT2D eigenvalue weighted by Crippen LogP contribution is -2.32. The van der Waals surface area contributed by atoms with E-state index in [1.165, 1.54) is 18.2 Å². The predicted octanol–water partition coefficient (Wildman–Crippen LogP) is 2.94. The molecule has 0 radical (unpaired) electrons. The number of hydrogen-bond donors (Lipinski definition) is 1. The lowest BCUT2D eigenvalue weighted by atomic mass is 10.2. The van der Waals surface area contributed by atoms with Crippen LogP contribution in [0.1, 0.15) is 18.4 Å². The molecular weight excluding hydrogens is 371 g/mol. The van der Waals surface area contributed by atoms with Crippen molar-refractivity contribution in [1.29, 1.82) is 0 Å². The number of anilines is 1. The number of aryl methyl sites for hydroxylation is 1. The summed E-state index contributed by atoms with van der Waals surface area (Å²) in [6, 6.07) is 10.0. The summed E-state index contributed by atoms with van der Waals surface area (Å²) in [6.45, 7) is 2.95. The fraction of sp³-hybridized carbons (Fsp3) is 0.316. The fourth-order valence-electron chi connectivity index (χ4n) is 2.81. The van der Waals surface area contributed by atoms with Crippen molar-refractivity contribution in [2.75, 3.05) is 24.4 Å². The third-order valence-electron chi connectivity index (χ3n) is 4.36. The van der Waals surface area contributed by atoms with E-state index in [1.54, 1.807) is 30.0 Å². The zero-order valence-corrected chi connectivity index (χ0v) is 15.8. The van der Waals surface area contributed by atoms with Crippen LogP contribution in [0.3, 0.4) is 0 Å². The number of ether oxygens (including phenoxy) is 1. The van der Waals surface area contributed by atoms with Crippen LogP contribution in [0.4, 0.5) is 10.1 Å². The molecule has 1 aliphatic rings. The van der Waals surface area contributed by atoms with E-state index in [4.69, 9.17) is 4.74 Å². The summed E-state index contributed by atoms with van der Waals surface area (Å²) >= 11 is 0. The van der Waals surface area contributed by atoms with Gasteiger partial charge in [0, 0.05) is 19.2 Å². The molecule has 0 atom stereocenters. The topological polar surface area (TPSA) is 75.7 Å². The first-order valence-electron chi connectivity index (χ1n) is 8.65. The largest absolute Gasteiger partial charge is 0.484 e. The molecule has 144 valence electrons. The molecule has 1 heterocycles. The van der Waals surface area contributed by atoms with Gasteiger partial charge in [-0.2, -0.15) is 0 Å². The molecule has 0 unspecified atom stereocenters. The van der Waals surface area contributed by atoms with Gasteiger partial charge in [-0.05, 0) is 49.6 Å². The van der Waals surface area contributed by atoms with E-state index >= 15 is 0 Å². The van der Waals surface area contributed by atoms with Crippen LogP contribution in [0.25, 0.3) is 0 Å². The average Bonchev–Trinajstić information content (AvgIpc) is 3.16. The van der Waals surface area contributed by atoms with E-state index < -0.39 is 15.8 Å². The van der Waals surface area contributed by atoms with Crippen LogP contribution in [-0.2, 0) is 14.8 Å². The Morgan fingerprint density at radius 3 is 2.63 bits per heavy atom. The van der Waals surface area contributed by atoms with Gasteiger partial charge in [0.25, 0.3) is 15.9 Å². The molecule has 8 heteroatoms. The Hall–Kier alpha value is -2.61. The standard InChI is InChI=1S/C19H21FN2O4S/c1-14-7-8-17(12-18(14)20)27(24,25)21-15-5-4-6-16(11-15)26-13-19(23)22-9-2-3-10-22/h4-8,11-12,21H,2-3,9-10,13H2,1H3. The highest BCUT2D eigenvalue weighted by Gasteiger charge is 2.19. The molecule has 1 fully saturated rings. The smallest absolute Gasteiger partial charge is 0.261 e. The van der Waals surface area contributed by atoms with Crippen molar-refractivity contribution in [3.05, 3.63) is 53.8 Å². The highest BCUT2D eigenvalue weighted by Crippen LogP contribution is 2.22. The average molecular weight is 392 g/mol. The number of carbonyl (C=O) groups excluding carboxylic acids is 1. The first-order valence-corrected chi connectivity index (χ1v) is 10.1. The summed E-state index contributed by atoms with van der Waals surface area (Å²) in [5.74, 6) is -0.304. The monoisotopic (exact) mass is 392 g/mol. The molecule has 1 N–H and O–H groups in total. The van der Waals surface area contributed by atoms with Crippen molar-refractivity contribution >= 4 is 21.6 Å². The van der Waals surface area contributed by atoms with Crippen LogP contribution in [-0.4, -0.2) is 38.9 Å². The lowest BCUT2D eigenvalue weighted by molar-refractivity contribution is -0.132. The Balaban J connectivity index is 1.67. The number of amides is 1. The van der Waals surface area contributed by atoms with E-state index in [2.05, 4.69) is 4.72 Å². The number of sulfonamides is 1. The van der Waals surface area contributed by atoms with Crippen LogP contribution in [0.5, 0.6) is 5.75 Å². The first-order chi connectivity index (χ1) is 12.8. The van der Waals surface area contributed by atoms with Gasteiger partial charge in [0.2, 0.25) is 0 Å². The van der Waals surface area contributed by atoms with E-state index in [0.717, 1.165) is 32.0 Å². The summed E-state index contributed by atoms with van der Waals surface area (Å²) in [5.41, 5.74) is 0.633. The number of carbonyl (C=O) groups is 1. The molecule has 6 nitrogen and oxygen atoms in total. The minimum Gasteiger partial charge on any atom is -0.484 e. The maximum atomic E-state index is 13.7. The van der Waals surface area contributed by atoms with Gasteiger partial charge in [0.15, 0.2) is 6.61 Å². The van der Waals surface area contributed by atoms with Gasteiger partial charge in [-0.25, -0.2) is 12.8 Å². The summed E-state index contributed by atoms with van der Waals surface area (Å²) in [4.78, 5) is 13.6. The van der Waals surface area contributed by atoms with Gasteiger partial charge in [-0.1, -0.05) is 12.1 Å². The van der Waals surface area contributed by atoms with Crippen LogP contribution < -0.4 is 9.46 Å². The second-order valence-electron chi connectivity index (χ2n) is 6.42. The minimum absolute atomic E-state index is 0.0892. The molecule has 1 saturated heterocycles. The van der Waals surface area contributed by atoms with E-state index in [9.17, 15) is 17.6 Å². The van der Waals surface area contributed by atoms with Gasteiger partial charge in [-0.15, -0.1) is 0 Å². The van der Waals surface area contributed by atoms with Crippen molar-refractivity contribution in [2.45, 2.75) is 24.7 Å². The van der Waals surface area contributed by atoms with Crippen LogP contribution >= 0.6 is 0 Å². The van der Waals surface area contributed by atoms with Crippen molar-refractivity contribution in [1.82, 2.24) is 4.90 Å². The Morgan fingerprint density at radius 1 is 1.19 bits per heavy atom. The highest BCUT2D eigenvalue weighted by atomic mass is 32.2. The number of nitrogens with zero attached hydrogens (tertiary/aromatic N) is 1. The quantitative estimate of drug-likeness (QED) is 0.820. The van der Waals surface area contributed by atoms with Gasteiger partial charge in [-0.3, -0.25) is 9.52 Å². The van der Waals surface area contributed by atoms with Crippen LogP contribution in [0.2, 0.25) is 0 Å². The summed E-state index contributed by atoms with van der Waals surface area (Å²) in [7, 11) is -3.93. The van der Waals surface area contributed by atoms with E-state index in [1.807, 2.05) is 0 Å². The van der Waals surface area contributed by atoms with Crippen LogP contribution in [0, 0.1) is 12.7 Å². The number of halogens is 1. The maximum Gasteiger partial charge on any atom is 0.261 e. The number of nitrogens with one attached hydrogen (secondary N) is 1. The fourth-order valence-corrected chi connectivity index (χ4v) is 3.87. The van der Waals surface area contributed by atoms with E-state index in [-0.39, 0.29) is 23.1 Å². The normalized spacial score (nSPS) is 14.2. The molecule has 0 saturated carbocycles. The molecule has 0 spiro atoms. The van der Waals surface area contributed by atoms with Crippen molar-refractivity contribution in [2.24, 2.45) is 0 Å². The SMILES string of the molecule is Cc1ccc(S(=O)(=O)Nc2cccc(OCC(=O)N3CCCC3)c2)cc1F. The van der Waals surface area contributed by atoms with Crippen molar-refractivity contribution < 1.29 is 22.3 Å². The zero-order chi connectivity index (χ0) is 19.4. The second-order valence-corrected chi connectivity index (χ2v) is 8.10. The number of benzene rings is 2. The Morgan fingerprint density at radius 2 is 1.93 bits per heavy atom. The molecule has 27 heavy (non-hydrogen) atoms. The molecular formula is C19H21FN2O4S. The van der Waals surface area contributed by atoms with Crippen molar-refractivity contribution in [3.63, 3.8) is 0 Å². The molecule has 1 amide bonds. The summed E-state index contributed by atoms with van der Waals surface area (Å²) in [6.07, 6.45) is 2.01. The Kier molecular flexibility index (Phi) is 5.65. The van der Waals surface area contributed by atoms with E-state index in [0.29, 0.717) is 11.3 Å². The molecule has 3 rings (SSSR count). The number of rotatable bonds is 6. The summed E-state index contributed by atoms with van der Waals surface area (Å²) in [5, 5.41) is 0. The molecule has 1 aliphatic heterocycles. The van der Waals surface area contributed by atoms with Gasteiger partial charge in [0.05, 0.1) is 10.6 Å². The highest BCUT2D eigenvalue weighted by molar-refractivity contribution is 7.92. The lowest BCUT2D eigenvalue weighted by Gasteiger charge is -2.16. The number of hydrogen-bond acceptors (Lipinski definition) is 4. The third kappa shape index (κ3) is 4.77. The minimum atomic E-state index is -3.93. The number of likely N-dealkylation sites (tertiary alicyclic amines) is 1. The summed E-state index contributed by atoms with van der Waals surface area (Å²) < 4.78 is 46.4. The predicted molar refractivity (Wildman–Crippen MR) is 99.7 cm³/mol. The van der Waals surface area contributed by atoms with Crippen molar-refractivity contribution in [3.8, 4) is 5.75 Å². The Bertz CT molecular complexity index is 940. The first kappa shape index (κ1) is 19.2.